The third-order valence-corrected chi connectivity index (χ3v) is 5.44. The quantitative estimate of drug-likeness (QED) is 0.166. The molecule has 0 bridgehead atoms. The molecule has 32 heavy (non-hydrogen) atoms. The molecule has 6 nitrogen and oxygen atoms in total. The number of aromatic carboxylic acids is 2. The van der Waals surface area contributed by atoms with Crippen LogP contribution in [0.3, 0.4) is 0 Å². The number of allylic oxidation sites excluding steroid dienone is 2. The second-order valence-corrected chi connectivity index (χ2v) is 8.25. The van der Waals surface area contributed by atoms with Crippen LogP contribution in [0.2, 0.25) is 0 Å². The van der Waals surface area contributed by atoms with E-state index in [0.717, 1.165) is 38.5 Å². The van der Waals surface area contributed by atoms with Gasteiger partial charge in [-0.05, 0) is 50.3 Å². The second kappa shape index (κ2) is 17.0. The highest BCUT2D eigenvalue weighted by Crippen LogP contribution is 2.19. The van der Waals surface area contributed by atoms with Gasteiger partial charge in [0.1, 0.15) is 0 Å². The Morgan fingerprint density at radius 3 is 1.91 bits per heavy atom. The first kappa shape index (κ1) is 27.4. The van der Waals surface area contributed by atoms with Crippen LogP contribution in [0.5, 0.6) is 0 Å². The van der Waals surface area contributed by atoms with Crippen molar-refractivity contribution in [2.45, 2.75) is 96.8 Å². The van der Waals surface area contributed by atoms with Crippen LogP contribution in [0.1, 0.15) is 118 Å². The van der Waals surface area contributed by atoms with Gasteiger partial charge in [0.05, 0.1) is 16.8 Å². The van der Waals surface area contributed by atoms with Gasteiger partial charge in [0.25, 0.3) is 0 Å². The topological polar surface area (TPSA) is 104 Å². The number of hydrogen-bond acceptors (Lipinski definition) is 3. The highest BCUT2D eigenvalue weighted by Gasteiger charge is 2.15. The molecule has 178 valence electrons. The van der Waals surface area contributed by atoms with Crippen LogP contribution in [0.25, 0.3) is 0 Å². The highest BCUT2D eigenvalue weighted by atomic mass is 16.4. The summed E-state index contributed by atoms with van der Waals surface area (Å²) in [5, 5.41) is 20.8. The largest absolute Gasteiger partial charge is 0.478 e. The van der Waals surface area contributed by atoms with Crippen molar-refractivity contribution in [1.29, 1.82) is 0 Å². The van der Waals surface area contributed by atoms with Crippen LogP contribution in [-0.2, 0) is 4.79 Å². The lowest BCUT2D eigenvalue weighted by Crippen LogP contribution is -2.15. The molecule has 0 fully saturated rings. The fraction of sp³-hybridized carbons (Fsp3) is 0.577. The first-order valence-corrected chi connectivity index (χ1v) is 12.0. The van der Waals surface area contributed by atoms with Crippen molar-refractivity contribution >= 4 is 23.5 Å². The van der Waals surface area contributed by atoms with Crippen molar-refractivity contribution in [3.05, 3.63) is 41.5 Å². The zero-order chi connectivity index (χ0) is 23.6. The van der Waals surface area contributed by atoms with Gasteiger partial charge in [0.2, 0.25) is 5.91 Å². The molecule has 6 heteroatoms. The van der Waals surface area contributed by atoms with E-state index in [0.29, 0.717) is 0 Å². The summed E-state index contributed by atoms with van der Waals surface area (Å²) in [4.78, 5) is 34.5. The molecule has 0 heterocycles. The average molecular weight is 446 g/mol. The van der Waals surface area contributed by atoms with Gasteiger partial charge in [0, 0.05) is 6.42 Å². The number of amides is 1. The van der Waals surface area contributed by atoms with E-state index in [2.05, 4.69) is 24.4 Å². The van der Waals surface area contributed by atoms with Gasteiger partial charge in [-0.25, -0.2) is 9.59 Å². The van der Waals surface area contributed by atoms with Crippen molar-refractivity contribution in [1.82, 2.24) is 0 Å². The molecule has 1 rings (SSSR count). The van der Waals surface area contributed by atoms with Gasteiger partial charge in [-0.3, -0.25) is 4.79 Å². The normalized spacial score (nSPS) is 11.0. The highest BCUT2D eigenvalue weighted by molar-refractivity contribution is 6.02. The summed E-state index contributed by atoms with van der Waals surface area (Å²) in [5.41, 5.74) is -0.158. The van der Waals surface area contributed by atoms with Crippen LogP contribution in [0.4, 0.5) is 5.69 Å². The van der Waals surface area contributed by atoms with E-state index in [1.807, 2.05) is 0 Å². The number of carboxylic acids is 2. The van der Waals surface area contributed by atoms with E-state index in [-0.39, 0.29) is 29.1 Å². The van der Waals surface area contributed by atoms with Crippen molar-refractivity contribution in [3.63, 3.8) is 0 Å². The lowest BCUT2D eigenvalue weighted by molar-refractivity contribution is -0.116. The standard InChI is InChI=1S/C26H39NO5/c1-2-3-4-5-6-7-8-9-10-11-12-13-14-15-16-17-24(28)27-23-20-21(25(29)30)18-19-22(23)26(31)32/h9-10,18-20H,2-8,11-17H2,1H3,(H,27,28)(H,29,30)(H,31,32). The van der Waals surface area contributed by atoms with Gasteiger partial charge in [0.15, 0.2) is 0 Å². The molecule has 1 aromatic rings. The zero-order valence-corrected chi connectivity index (χ0v) is 19.4. The molecule has 0 radical (unpaired) electrons. The Morgan fingerprint density at radius 1 is 0.781 bits per heavy atom. The molecule has 1 aromatic carbocycles. The maximum Gasteiger partial charge on any atom is 0.337 e. The summed E-state index contributed by atoms with van der Waals surface area (Å²) < 4.78 is 0. The molecule has 0 atom stereocenters. The Bertz CT molecular complexity index is 742. The van der Waals surface area contributed by atoms with E-state index in [1.54, 1.807) is 0 Å². The number of benzene rings is 1. The first-order chi connectivity index (χ1) is 15.5. The molecule has 3 N–H and O–H groups in total. The summed E-state index contributed by atoms with van der Waals surface area (Å²) >= 11 is 0. The maximum absolute atomic E-state index is 12.1. The predicted molar refractivity (Wildman–Crippen MR) is 128 cm³/mol. The Labute approximate surface area is 192 Å². The predicted octanol–water partition coefficient (Wildman–Crippen LogP) is 7.06. The molecule has 0 saturated carbocycles. The molecule has 0 aliphatic heterocycles. The van der Waals surface area contributed by atoms with Gasteiger partial charge in [-0.1, -0.05) is 70.4 Å². The minimum absolute atomic E-state index is 0.0233. The van der Waals surface area contributed by atoms with Crippen LogP contribution >= 0.6 is 0 Å². The van der Waals surface area contributed by atoms with Gasteiger partial charge >= 0.3 is 11.9 Å². The minimum Gasteiger partial charge on any atom is -0.478 e. The lowest BCUT2D eigenvalue weighted by Gasteiger charge is -2.09. The fourth-order valence-corrected chi connectivity index (χ4v) is 3.54. The summed E-state index contributed by atoms with van der Waals surface area (Å²) in [6, 6.07) is 3.60. The Balaban J connectivity index is 2.13. The fourth-order valence-electron chi connectivity index (χ4n) is 3.54. The Kier molecular flexibility index (Phi) is 14.5. The van der Waals surface area contributed by atoms with Crippen molar-refractivity contribution in [3.8, 4) is 0 Å². The summed E-state index contributed by atoms with van der Waals surface area (Å²) in [7, 11) is 0. The molecule has 0 aliphatic carbocycles. The third-order valence-electron chi connectivity index (χ3n) is 5.44. The number of rotatable bonds is 18. The number of unbranched alkanes of at least 4 members (excludes halogenated alkanes) is 11. The number of carbonyl (C=O) groups excluding carboxylic acids is 1. The molecule has 0 saturated heterocycles. The monoisotopic (exact) mass is 445 g/mol. The second-order valence-electron chi connectivity index (χ2n) is 8.25. The molecule has 0 unspecified atom stereocenters. The summed E-state index contributed by atoms with van der Waals surface area (Å²) in [6.07, 6.45) is 20.2. The Hall–Kier alpha value is -2.63. The van der Waals surface area contributed by atoms with Crippen LogP contribution < -0.4 is 5.32 Å². The van der Waals surface area contributed by atoms with E-state index < -0.39 is 11.9 Å². The average Bonchev–Trinajstić information content (AvgIpc) is 2.76. The van der Waals surface area contributed by atoms with Crippen molar-refractivity contribution < 1.29 is 24.6 Å². The number of hydrogen-bond donors (Lipinski definition) is 3. The number of anilines is 1. The molecule has 0 spiro atoms. The number of nitrogens with one attached hydrogen (secondary N) is 1. The lowest BCUT2D eigenvalue weighted by atomic mass is 10.1. The van der Waals surface area contributed by atoms with Crippen molar-refractivity contribution in [2.24, 2.45) is 0 Å². The van der Waals surface area contributed by atoms with Crippen LogP contribution in [0.15, 0.2) is 30.4 Å². The van der Waals surface area contributed by atoms with Gasteiger partial charge in [-0.2, -0.15) is 0 Å². The third kappa shape index (κ3) is 12.3. The van der Waals surface area contributed by atoms with Crippen LogP contribution in [-0.4, -0.2) is 28.1 Å². The number of carbonyl (C=O) groups is 3. The molecule has 0 aliphatic rings. The first-order valence-electron chi connectivity index (χ1n) is 12.0. The molecular formula is C26H39NO5. The summed E-state index contributed by atoms with van der Waals surface area (Å²) in [6.45, 7) is 2.24. The van der Waals surface area contributed by atoms with E-state index >= 15 is 0 Å². The smallest absolute Gasteiger partial charge is 0.337 e. The van der Waals surface area contributed by atoms with Crippen molar-refractivity contribution in [2.75, 3.05) is 5.32 Å². The minimum atomic E-state index is -1.21. The molecule has 1 amide bonds. The SMILES string of the molecule is CCCCCCCCC=CCCCCCCCC(=O)Nc1cc(C(=O)O)ccc1C(=O)O. The molecular weight excluding hydrogens is 406 g/mol. The number of carboxylic acid groups (broad SMARTS) is 2. The van der Waals surface area contributed by atoms with Gasteiger partial charge < -0.3 is 15.5 Å². The van der Waals surface area contributed by atoms with E-state index in [9.17, 15) is 19.5 Å². The zero-order valence-electron chi connectivity index (χ0n) is 19.4. The molecule has 0 aromatic heterocycles. The van der Waals surface area contributed by atoms with E-state index in [4.69, 9.17) is 5.11 Å². The summed E-state index contributed by atoms with van der Waals surface area (Å²) in [5.74, 6) is -2.68. The maximum atomic E-state index is 12.1. The van der Waals surface area contributed by atoms with Crippen LogP contribution in [0, 0.1) is 0 Å². The Morgan fingerprint density at radius 2 is 1.34 bits per heavy atom. The van der Waals surface area contributed by atoms with E-state index in [1.165, 1.54) is 63.1 Å². The van der Waals surface area contributed by atoms with Gasteiger partial charge in [-0.15, -0.1) is 0 Å².